The molecule has 0 spiro atoms. The average Bonchev–Trinajstić information content (AvgIpc) is 2.89. The molecule has 0 saturated heterocycles. The molecule has 0 heterocycles. The van der Waals surface area contributed by atoms with Crippen molar-refractivity contribution in [3.05, 3.63) is 11.1 Å². The molecule has 3 unspecified atom stereocenters. The molecular formula is C9H8ClF3O. The average molecular weight is 225 g/mol. The predicted molar refractivity (Wildman–Crippen MR) is 43.7 cm³/mol. The molecule has 2 bridgehead atoms. The van der Waals surface area contributed by atoms with Crippen molar-refractivity contribution >= 4 is 11.6 Å². The summed E-state index contributed by atoms with van der Waals surface area (Å²) in [4.78, 5) is 0. The quantitative estimate of drug-likeness (QED) is 0.701. The number of ether oxygens (including phenoxy) is 1. The standard InChI is InChI=1S/C9H8ClF3O/c10-4-1-3-5-6(3)7(5)8(4)14-2-9(11,12)13/h1,3,5-8H,2H2/t3?,5-,6?,7?,8+/m1/s1. The third kappa shape index (κ3) is 1.20. The largest absolute Gasteiger partial charge is 0.411 e. The molecule has 0 amide bonds. The van der Waals surface area contributed by atoms with E-state index in [-0.39, 0.29) is 5.92 Å². The summed E-state index contributed by atoms with van der Waals surface area (Å²) in [5, 5.41) is 0.467. The Balaban J connectivity index is 1.63. The van der Waals surface area contributed by atoms with Crippen LogP contribution in [0.5, 0.6) is 0 Å². The smallest absolute Gasteiger partial charge is 0.363 e. The lowest BCUT2D eigenvalue weighted by Gasteiger charge is -2.27. The highest BCUT2D eigenvalue weighted by molar-refractivity contribution is 6.30. The number of halogens is 4. The molecule has 1 nitrogen and oxygen atoms in total. The molecule has 4 aliphatic rings. The Morgan fingerprint density at radius 1 is 1.29 bits per heavy atom. The number of alkyl halides is 3. The van der Waals surface area contributed by atoms with Crippen LogP contribution in [-0.2, 0) is 4.74 Å². The van der Waals surface area contributed by atoms with Gasteiger partial charge < -0.3 is 4.74 Å². The fraction of sp³-hybridized carbons (Fsp3) is 0.778. The number of rotatable bonds is 2. The SMILES string of the molecule is FC(F)(F)CO[C@H]1C(Cl)=CC2C3C1[C@H]23. The molecular weight excluding hydrogens is 217 g/mol. The van der Waals surface area contributed by atoms with Crippen LogP contribution in [0.3, 0.4) is 0 Å². The zero-order valence-corrected chi connectivity index (χ0v) is 7.85. The third-order valence-corrected chi connectivity index (χ3v) is 3.68. The first-order valence-corrected chi connectivity index (χ1v) is 4.92. The van der Waals surface area contributed by atoms with Crippen molar-refractivity contribution < 1.29 is 17.9 Å². The highest BCUT2D eigenvalue weighted by atomic mass is 35.5. The molecule has 4 aliphatic carbocycles. The van der Waals surface area contributed by atoms with E-state index in [1.54, 1.807) is 0 Å². The van der Waals surface area contributed by atoms with E-state index in [0.29, 0.717) is 22.8 Å². The van der Waals surface area contributed by atoms with Gasteiger partial charge in [-0.1, -0.05) is 17.7 Å². The first-order chi connectivity index (χ1) is 6.49. The summed E-state index contributed by atoms with van der Waals surface area (Å²) in [6, 6.07) is 0. The predicted octanol–water partition coefficient (Wildman–Crippen LogP) is 2.56. The number of allylic oxidation sites excluding steroid dienone is 1. The normalized spacial score (nSPS) is 48.3. The summed E-state index contributed by atoms with van der Waals surface area (Å²) in [5.74, 6) is 1.99. The molecule has 78 valence electrons. The summed E-state index contributed by atoms with van der Waals surface area (Å²) in [5.41, 5.74) is 0. The maximum atomic E-state index is 11.9. The zero-order valence-electron chi connectivity index (χ0n) is 7.09. The second kappa shape index (κ2) is 2.47. The van der Waals surface area contributed by atoms with Gasteiger partial charge >= 0.3 is 6.18 Å². The maximum absolute atomic E-state index is 11.9. The van der Waals surface area contributed by atoms with Gasteiger partial charge in [0.1, 0.15) is 6.61 Å². The molecule has 4 rings (SSSR count). The topological polar surface area (TPSA) is 9.23 Å². The van der Waals surface area contributed by atoms with Crippen LogP contribution in [0.25, 0.3) is 0 Å². The van der Waals surface area contributed by atoms with E-state index >= 15 is 0 Å². The van der Waals surface area contributed by atoms with E-state index < -0.39 is 18.9 Å². The van der Waals surface area contributed by atoms with Gasteiger partial charge in [0.25, 0.3) is 0 Å². The van der Waals surface area contributed by atoms with Crippen LogP contribution in [0.15, 0.2) is 11.1 Å². The Hall–Kier alpha value is -0.220. The summed E-state index contributed by atoms with van der Waals surface area (Å²) in [6.45, 7) is -1.19. The number of fused-ring (bicyclic) bond motifs is 1. The van der Waals surface area contributed by atoms with Crippen LogP contribution >= 0.6 is 11.6 Å². The molecule has 0 aromatic carbocycles. The molecule has 2 saturated carbocycles. The van der Waals surface area contributed by atoms with Crippen molar-refractivity contribution in [1.82, 2.24) is 0 Å². The lowest BCUT2D eigenvalue weighted by molar-refractivity contribution is -0.185. The Morgan fingerprint density at radius 2 is 1.93 bits per heavy atom. The monoisotopic (exact) mass is 224 g/mol. The number of hydrogen-bond acceptors (Lipinski definition) is 1. The minimum atomic E-state index is -4.26. The Bertz CT molecular complexity index is 302. The Labute approximate surface area is 83.9 Å². The van der Waals surface area contributed by atoms with Crippen LogP contribution in [0.1, 0.15) is 0 Å². The second-order valence-electron chi connectivity index (χ2n) is 4.21. The fourth-order valence-corrected chi connectivity index (χ4v) is 2.95. The summed E-state index contributed by atoms with van der Waals surface area (Å²) < 4.78 is 40.5. The van der Waals surface area contributed by atoms with Gasteiger partial charge in [0.15, 0.2) is 0 Å². The molecule has 14 heavy (non-hydrogen) atoms. The van der Waals surface area contributed by atoms with E-state index in [9.17, 15) is 13.2 Å². The molecule has 5 atom stereocenters. The maximum Gasteiger partial charge on any atom is 0.411 e. The van der Waals surface area contributed by atoms with Crippen LogP contribution in [0.4, 0.5) is 13.2 Å². The van der Waals surface area contributed by atoms with E-state index in [1.165, 1.54) is 0 Å². The van der Waals surface area contributed by atoms with Crippen LogP contribution in [0.2, 0.25) is 0 Å². The first-order valence-electron chi connectivity index (χ1n) is 4.54. The third-order valence-electron chi connectivity index (χ3n) is 3.34. The minimum absolute atomic E-state index is 0.278. The highest BCUT2D eigenvalue weighted by Crippen LogP contribution is 2.78. The van der Waals surface area contributed by atoms with Gasteiger partial charge in [-0.15, -0.1) is 0 Å². The summed E-state index contributed by atoms with van der Waals surface area (Å²) in [7, 11) is 0. The highest BCUT2D eigenvalue weighted by Gasteiger charge is 2.77. The van der Waals surface area contributed by atoms with Crippen LogP contribution < -0.4 is 0 Å². The van der Waals surface area contributed by atoms with Crippen molar-refractivity contribution in [3.8, 4) is 0 Å². The lowest BCUT2D eigenvalue weighted by Crippen LogP contribution is -2.31. The van der Waals surface area contributed by atoms with E-state index in [2.05, 4.69) is 0 Å². The summed E-state index contributed by atoms with van der Waals surface area (Å²) >= 11 is 5.82. The van der Waals surface area contributed by atoms with Gasteiger partial charge in [0.2, 0.25) is 0 Å². The van der Waals surface area contributed by atoms with Crippen LogP contribution in [0, 0.1) is 23.7 Å². The minimum Gasteiger partial charge on any atom is -0.363 e. The van der Waals surface area contributed by atoms with Gasteiger partial charge in [0.05, 0.1) is 6.10 Å². The van der Waals surface area contributed by atoms with Crippen molar-refractivity contribution in [2.75, 3.05) is 6.61 Å². The van der Waals surface area contributed by atoms with E-state index in [0.717, 1.165) is 0 Å². The van der Waals surface area contributed by atoms with Crippen molar-refractivity contribution in [3.63, 3.8) is 0 Å². The summed E-state index contributed by atoms with van der Waals surface area (Å²) in [6.07, 6.45) is -2.89. The van der Waals surface area contributed by atoms with Gasteiger partial charge in [0, 0.05) is 5.03 Å². The molecule has 0 aromatic rings. The van der Waals surface area contributed by atoms with Gasteiger partial charge in [-0.05, 0) is 23.7 Å². The molecule has 0 aliphatic heterocycles. The molecule has 5 heteroatoms. The van der Waals surface area contributed by atoms with Crippen molar-refractivity contribution in [1.29, 1.82) is 0 Å². The van der Waals surface area contributed by atoms with Gasteiger partial charge in [-0.2, -0.15) is 13.2 Å². The van der Waals surface area contributed by atoms with E-state index in [4.69, 9.17) is 16.3 Å². The fourth-order valence-electron chi connectivity index (χ4n) is 2.60. The zero-order chi connectivity index (χ0) is 10.1. The second-order valence-corrected chi connectivity index (χ2v) is 4.64. The van der Waals surface area contributed by atoms with Gasteiger partial charge in [-0.25, -0.2) is 0 Å². The first kappa shape index (κ1) is 9.04. The van der Waals surface area contributed by atoms with Gasteiger partial charge in [-0.3, -0.25) is 0 Å². The Kier molecular flexibility index (Phi) is 1.60. The molecule has 2 fully saturated rings. The molecule has 0 N–H and O–H groups in total. The van der Waals surface area contributed by atoms with Crippen molar-refractivity contribution in [2.24, 2.45) is 23.7 Å². The molecule has 0 radical (unpaired) electrons. The van der Waals surface area contributed by atoms with Crippen LogP contribution in [-0.4, -0.2) is 18.9 Å². The number of hydrogen-bond donors (Lipinski definition) is 0. The Morgan fingerprint density at radius 3 is 2.50 bits per heavy atom. The van der Waals surface area contributed by atoms with Crippen molar-refractivity contribution in [2.45, 2.75) is 12.3 Å². The van der Waals surface area contributed by atoms with E-state index in [1.807, 2.05) is 6.08 Å². The lowest BCUT2D eigenvalue weighted by atomic mass is 9.92. The molecule has 0 aromatic heterocycles.